The van der Waals surface area contributed by atoms with Crippen molar-refractivity contribution in [3.63, 3.8) is 0 Å². The Morgan fingerprint density at radius 2 is 2.29 bits per heavy atom. The van der Waals surface area contributed by atoms with Gasteiger partial charge in [-0.15, -0.1) is 0 Å². The van der Waals surface area contributed by atoms with Crippen molar-refractivity contribution in [1.29, 1.82) is 5.26 Å². The summed E-state index contributed by atoms with van der Waals surface area (Å²) in [6.07, 6.45) is -2.61. The zero-order valence-corrected chi connectivity index (χ0v) is 9.68. The fourth-order valence-electron chi connectivity index (χ4n) is 0.895. The maximum atomic E-state index is 12.3. The minimum absolute atomic E-state index is 0.0219. The average Bonchev–Trinajstić information content (AvgIpc) is 2.12. The van der Waals surface area contributed by atoms with E-state index in [1.807, 2.05) is 28.7 Å². The van der Waals surface area contributed by atoms with Gasteiger partial charge in [0.05, 0.1) is 16.1 Å². The van der Waals surface area contributed by atoms with Gasteiger partial charge in [0.15, 0.2) is 0 Å². The zero-order valence-electron chi connectivity index (χ0n) is 6.77. The third kappa shape index (κ3) is 2.51. The van der Waals surface area contributed by atoms with E-state index in [1.54, 1.807) is 0 Å². The highest BCUT2D eigenvalue weighted by molar-refractivity contribution is 14.1. The Hall–Kier alpha value is -0.480. The Labute approximate surface area is 98.0 Å². The summed E-state index contributed by atoms with van der Waals surface area (Å²) in [5, 5.41) is 8.48. The van der Waals surface area contributed by atoms with E-state index in [2.05, 4.69) is 4.98 Å². The number of nitrogens with zero attached hydrogens (tertiary/aromatic N) is 2. The van der Waals surface area contributed by atoms with Gasteiger partial charge in [0.1, 0.15) is 10.8 Å². The van der Waals surface area contributed by atoms with E-state index in [9.17, 15) is 8.78 Å². The Kier molecular flexibility index (Phi) is 4.01. The number of alkyl halides is 2. The molecule has 14 heavy (non-hydrogen) atoms. The van der Waals surface area contributed by atoms with Gasteiger partial charge in [0.2, 0.25) is 0 Å². The van der Waals surface area contributed by atoms with Crippen LogP contribution in [0.1, 0.15) is 17.7 Å². The topological polar surface area (TPSA) is 36.7 Å². The predicted molar refractivity (Wildman–Crippen MR) is 56.2 cm³/mol. The lowest BCUT2D eigenvalue weighted by atomic mass is 10.2. The first kappa shape index (κ1) is 11.6. The van der Waals surface area contributed by atoms with Crippen LogP contribution in [0.15, 0.2) is 6.07 Å². The van der Waals surface area contributed by atoms with Gasteiger partial charge in [0, 0.05) is 0 Å². The zero-order chi connectivity index (χ0) is 10.7. The molecular formula is C8H4ClF2IN2. The molecule has 6 heteroatoms. The molecule has 0 atom stereocenters. The third-order valence-corrected chi connectivity index (χ3v) is 3.30. The lowest BCUT2D eigenvalue weighted by Gasteiger charge is -2.05. The monoisotopic (exact) mass is 328 g/mol. The quantitative estimate of drug-likeness (QED) is 0.617. The summed E-state index contributed by atoms with van der Waals surface area (Å²) in [7, 11) is 0. The van der Waals surface area contributed by atoms with Crippen molar-refractivity contribution in [3.05, 3.63) is 26.0 Å². The molecule has 0 aliphatic rings. The standard InChI is InChI=1S/C8H4ClF2IN2/c9-7-6(12)4(1-2-13)3-5(14-7)8(10)11/h3,8H,1H2. The summed E-state index contributed by atoms with van der Waals surface area (Å²) in [5.41, 5.74) is 0.101. The number of halogens is 4. The molecule has 0 radical (unpaired) electrons. The lowest BCUT2D eigenvalue weighted by molar-refractivity contribution is 0.146. The highest BCUT2D eigenvalue weighted by atomic mass is 127. The van der Waals surface area contributed by atoms with Crippen LogP contribution in [0.5, 0.6) is 0 Å². The minimum atomic E-state index is -2.66. The molecule has 1 rings (SSSR count). The number of rotatable bonds is 2. The lowest BCUT2D eigenvalue weighted by Crippen LogP contribution is -1.98. The van der Waals surface area contributed by atoms with Crippen molar-refractivity contribution in [2.24, 2.45) is 0 Å². The Bertz CT molecular complexity index is 390. The predicted octanol–water partition coefficient (Wildman–Crippen LogP) is 3.34. The number of hydrogen-bond donors (Lipinski definition) is 0. The number of nitriles is 1. The van der Waals surface area contributed by atoms with Crippen molar-refractivity contribution in [2.75, 3.05) is 0 Å². The van der Waals surface area contributed by atoms with Crippen molar-refractivity contribution in [2.45, 2.75) is 12.8 Å². The van der Waals surface area contributed by atoms with Gasteiger partial charge >= 0.3 is 0 Å². The van der Waals surface area contributed by atoms with Crippen LogP contribution in [0, 0.1) is 14.9 Å². The first-order valence-electron chi connectivity index (χ1n) is 3.56. The second-order valence-electron chi connectivity index (χ2n) is 2.45. The summed E-state index contributed by atoms with van der Waals surface area (Å²) in [6.45, 7) is 0. The molecule has 2 nitrogen and oxygen atoms in total. The molecule has 0 amide bonds. The van der Waals surface area contributed by atoms with Crippen molar-refractivity contribution < 1.29 is 8.78 Å². The van der Waals surface area contributed by atoms with Crippen LogP contribution in [-0.4, -0.2) is 4.98 Å². The SMILES string of the molecule is N#CCc1cc(C(F)F)nc(Cl)c1I. The van der Waals surface area contributed by atoms with Crippen LogP contribution in [0.3, 0.4) is 0 Å². The second-order valence-corrected chi connectivity index (χ2v) is 3.88. The van der Waals surface area contributed by atoms with Crippen LogP contribution < -0.4 is 0 Å². The van der Waals surface area contributed by atoms with Crippen LogP contribution in [0.25, 0.3) is 0 Å². The van der Waals surface area contributed by atoms with Gasteiger partial charge in [-0.1, -0.05) is 11.6 Å². The fraction of sp³-hybridized carbons (Fsp3) is 0.250. The molecule has 0 N–H and O–H groups in total. The van der Waals surface area contributed by atoms with E-state index in [-0.39, 0.29) is 17.3 Å². The summed E-state index contributed by atoms with van der Waals surface area (Å²) in [6, 6.07) is 3.09. The van der Waals surface area contributed by atoms with Gasteiger partial charge < -0.3 is 0 Å². The Balaban J connectivity index is 3.22. The maximum Gasteiger partial charge on any atom is 0.280 e. The van der Waals surface area contributed by atoms with Crippen molar-refractivity contribution >= 4 is 34.2 Å². The maximum absolute atomic E-state index is 12.3. The Morgan fingerprint density at radius 3 is 2.79 bits per heavy atom. The molecule has 74 valence electrons. The van der Waals surface area contributed by atoms with Gasteiger partial charge in [-0.05, 0) is 34.2 Å². The molecule has 0 bridgehead atoms. The van der Waals surface area contributed by atoms with E-state index in [4.69, 9.17) is 16.9 Å². The highest BCUT2D eigenvalue weighted by Gasteiger charge is 2.14. The molecule has 1 aromatic rings. The largest absolute Gasteiger partial charge is 0.280 e. The second kappa shape index (κ2) is 4.84. The average molecular weight is 328 g/mol. The highest BCUT2D eigenvalue weighted by Crippen LogP contribution is 2.26. The van der Waals surface area contributed by atoms with Crippen LogP contribution in [0.2, 0.25) is 5.15 Å². The number of aromatic nitrogens is 1. The van der Waals surface area contributed by atoms with Gasteiger partial charge in [-0.3, -0.25) is 0 Å². The van der Waals surface area contributed by atoms with Crippen molar-refractivity contribution in [1.82, 2.24) is 4.98 Å². The molecule has 1 heterocycles. The fourth-order valence-corrected chi connectivity index (χ4v) is 1.58. The summed E-state index contributed by atoms with van der Waals surface area (Å²) >= 11 is 7.52. The third-order valence-electron chi connectivity index (χ3n) is 1.51. The molecule has 0 spiro atoms. The summed E-state index contributed by atoms with van der Waals surface area (Å²) in [5.74, 6) is 0. The molecule has 1 aromatic heterocycles. The normalized spacial score (nSPS) is 10.3. The smallest absolute Gasteiger partial charge is 0.234 e. The van der Waals surface area contributed by atoms with Gasteiger partial charge in [0.25, 0.3) is 6.43 Å². The van der Waals surface area contributed by atoms with E-state index >= 15 is 0 Å². The van der Waals surface area contributed by atoms with E-state index in [0.717, 1.165) is 0 Å². The first-order chi connectivity index (χ1) is 6.56. The van der Waals surface area contributed by atoms with Crippen LogP contribution in [-0.2, 0) is 6.42 Å². The van der Waals surface area contributed by atoms with Gasteiger partial charge in [-0.2, -0.15) is 5.26 Å². The molecule has 0 aromatic carbocycles. The van der Waals surface area contributed by atoms with Crippen LogP contribution in [0.4, 0.5) is 8.78 Å². The molecular weight excluding hydrogens is 324 g/mol. The van der Waals surface area contributed by atoms with Gasteiger partial charge in [-0.25, -0.2) is 13.8 Å². The van der Waals surface area contributed by atoms with Crippen LogP contribution >= 0.6 is 34.2 Å². The molecule has 0 saturated heterocycles. The summed E-state index contributed by atoms with van der Waals surface area (Å²) < 4.78 is 25.1. The molecule has 0 fully saturated rings. The minimum Gasteiger partial charge on any atom is -0.234 e. The Morgan fingerprint density at radius 1 is 1.64 bits per heavy atom. The molecule has 0 aliphatic heterocycles. The van der Waals surface area contributed by atoms with Crippen molar-refractivity contribution in [3.8, 4) is 6.07 Å². The van der Waals surface area contributed by atoms with E-state index in [1.165, 1.54) is 6.07 Å². The molecule has 0 aliphatic carbocycles. The van der Waals surface area contributed by atoms with E-state index < -0.39 is 6.43 Å². The molecule has 0 saturated carbocycles. The summed E-state index contributed by atoms with van der Waals surface area (Å²) in [4.78, 5) is 3.51. The van der Waals surface area contributed by atoms with E-state index in [0.29, 0.717) is 9.13 Å². The number of hydrogen-bond acceptors (Lipinski definition) is 2. The molecule has 0 unspecified atom stereocenters. The first-order valence-corrected chi connectivity index (χ1v) is 5.02. The number of pyridine rings is 1.